The zero-order chi connectivity index (χ0) is 21.8. The molecule has 0 spiro atoms. The van der Waals surface area contributed by atoms with Crippen LogP contribution in [-0.2, 0) is 13.0 Å². The summed E-state index contributed by atoms with van der Waals surface area (Å²) in [5.74, 6) is 0.471. The molecule has 0 fully saturated rings. The topological polar surface area (TPSA) is 111 Å². The normalized spacial score (nSPS) is 10.8. The molecule has 0 atom stereocenters. The van der Waals surface area contributed by atoms with Crippen molar-refractivity contribution in [1.29, 1.82) is 0 Å². The Hall–Kier alpha value is -4.01. The molecule has 0 radical (unpaired) electrons. The summed E-state index contributed by atoms with van der Waals surface area (Å²) in [6.07, 6.45) is 5.79. The van der Waals surface area contributed by atoms with Crippen LogP contribution < -0.4 is 5.32 Å². The van der Waals surface area contributed by atoms with Crippen LogP contribution in [0.25, 0.3) is 16.9 Å². The Balaban J connectivity index is 1.69. The minimum absolute atomic E-state index is 0.233. The molecule has 1 N–H and O–H groups in total. The first-order valence-corrected chi connectivity index (χ1v) is 9.95. The van der Waals surface area contributed by atoms with Crippen LogP contribution in [0.1, 0.15) is 40.1 Å². The summed E-state index contributed by atoms with van der Waals surface area (Å²) in [6, 6.07) is 9.42. The van der Waals surface area contributed by atoms with E-state index in [0.29, 0.717) is 29.2 Å². The van der Waals surface area contributed by atoms with Crippen LogP contribution in [0.3, 0.4) is 0 Å². The van der Waals surface area contributed by atoms with E-state index in [1.807, 2.05) is 45.0 Å². The molecule has 31 heavy (non-hydrogen) atoms. The second-order valence-corrected chi connectivity index (χ2v) is 7.18. The lowest BCUT2D eigenvalue weighted by Gasteiger charge is -2.11. The van der Waals surface area contributed by atoms with Crippen molar-refractivity contribution in [2.24, 2.45) is 0 Å². The molecule has 4 aromatic rings. The molecule has 3 aromatic heterocycles. The van der Waals surface area contributed by atoms with Gasteiger partial charge in [0.2, 0.25) is 0 Å². The quantitative estimate of drug-likeness (QED) is 0.516. The van der Waals surface area contributed by atoms with Crippen molar-refractivity contribution in [2.75, 3.05) is 0 Å². The van der Waals surface area contributed by atoms with Gasteiger partial charge in [-0.2, -0.15) is 4.68 Å². The third-order valence-corrected chi connectivity index (χ3v) is 4.75. The molecule has 0 saturated heterocycles. The van der Waals surface area contributed by atoms with Crippen molar-refractivity contribution < 1.29 is 4.79 Å². The standard InChI is InChI=1S/C22H22N8O/c1-4-21-27-28-29-30(21)19-8-16(20-6-5-14(2)10-25-20)7-17(9-19)22(31)26-13-18-12-23-15(3)11-24-18/h5-12H,4,13H2,1-3H3,(H,26,31). The summed E-state index contributed by atoms with van der Waals surface area (Å²) >= 11 is 0. The van der Waals surface area contributed by atoms with Crippen LogP contribution in [0, 0.1) is 13.8 Å². The molecule has 0 unspecified atom stereocenters. The Labute approximate surface area is 179 Å². The number of carbonyl (C=O) groups is 1. The van der Waals surface area contributed by atoms with Crippen LogP contribution in [0.2, 0.25) is 0 Å². The van der Waals surface area contributed by atoms with E-state index in [1.54, 1.807) is 29.3 Å². The molecule has 156 valence electrons. The van der Waals surface area contributed by atoms with Gasteiger partial charge in [-0.25, -0.2) is 0 Å². The minimum atomic E-state index is -0.233. The number of carbonyl (C=O) groups excluding carboxylic acids is 1. The third-order valence-electron chi connectivity index (χ3n) is 4.75. The number of hydrogen-bond acceptors (Lipinski definition) is 7. The van der Waals surface area contributed by atoms with Gasteiger partial charge in [0.05, 0.1) is 35.5 Å². The van der Waals surface area contributed by atoms with E-state index in [9.17, 15) is 4.79 Å². The molecule has 9 nitrogen and oxygen atoms in total. The Kier molecular flexibility index (Phi) is 5.74. The van der Waals surface area contributed by atoms with Crippen LogP contribution in [0.15, 0.2) is 48.9 Å². The van der Waals surface area contributed by atoms with Gasteiger partial charge in [-0.1, -0.05) is 13.0 Å². The Bertz CT molecular complexity index is 1200. The molecule has 3 heterocycles. The van der Waals surface area contributed by atoms with Crippen molar-refractivity contribution in [1.82, 2.24) is 40.5 Å². The molecule has 4 rings (SSSR count). The van der Waals surface area contributed by atoms with Gasteiger partial charge in [0, 0.05) is 29.9 Å². The van der Waals surface area contributed by atoms with Crippen molar-refractivity contribution in [2.45, 2.75) is 33.7 Å². The number of aryl methyl sites for hydroxylation is 3. The summed E-state index contributed by atoms with van der Waals surface area (Å²) in [7, 11) is 0. The van der Waals surface area contributed by atoms with Crippen molar-refractivity contribution in [3.8, 4) is 16.9 Å². The number of nitrogens with one attached hydrogen (secondary N) is 1. The number of tetrazole rings is 1. The fraction of sp³-hybridized carbons (Fsp3) is 0.227. The van der Waals surface area contributed by atoms with E-state index in [1.165, 1.54) is 0 Å². The number of benzene rings is 1. The largest absolute Gasteiger partial charge is 0.346 e. The van der Waals surface area contributed by atoms with Crippen LogP contribution >= 0.6 is 0 Å². The monoisotopic (exact) mass is 414 g/mol. The van der Waals surface area contributed by atoms with Gasteiger partial charge in [0.15, 0.2) is 5.82 Å². The Morgan fingerprint density at radius 3 is 2.61 bits per heavy atom. The highest BCUT2D eigenvalue weighted by atomic mass is 16.1. The lowest BCUT2D eigenvalue weighted by molar-refractivity contribution is 0.0950. The van der Waals surface area contributed by atoms with Crippen molar-refractivity contribution in [3.63, 3.8) is 0 Å². The van der Waals surface area contributed by atoms with E-state index in [-0.39, 0.29) is 12.5 Å². The van der Waals surface area contributed by atoms with E-state index in [0.717, 1.165) is 22.5 Å². The van der Waals surface area contributed by atoms with Crippen LogP contribution in [0.5, 0.6) is 0 Å². The highest BCUT2D eigenvalue weighted by Crippen LogP contribution is 2.23. The van der Waals surface area contributed by atoms with E-state index < -0.39 is 0 Å². The molecule has 0 saturated carbocycles. The number of rotatable bonds is 6. The first-order valence-electron chi connectivity index (χ1n) is 9.95. The first-order chi connectivity index (χ1) is 15.0. The van der Waals surface area contributed by atoms with Crippen LogP contribution in [-0.4, -0.2) is 41.1 Å². The lowest BCUT2D eigenvalue weighted by Crippen LogP contribution is -2.23. The van der Waals surface area contributed by atoms with Gasteiger partial charge in [-0.3, -0.25) is 19.7 Å². The van der Waals surface area contributed by atoms with E-state index >= 15 is 0 Å². The van der Waals surface area contributed by atoms with E-state index in [2.05, 4.69) is 35.8 Å². The van der Waals surface area contributed by atoms with Crippen LogP contribution in [0.4, 0.5) is 0 Å². The maximum absolute atomic E-state index is 13.0. The SMILES string of the molecule is CCc1nnnn1-c1cc(C(=O)NCc2cnc(C)cn2)cc(-c2ccc(C)cn2)c1. The molecular weight excluding hydrogens is 392 g/mol. The summed E-state index contributed by atoms with van der Waals surface area (Å²) in [5, 5.41) is 14.8. The smallest absolute Gasteiger partial charge is 0.251 e. The number of pyridine rings is 1. The summed E-state index contributed by atoms with van der Waals surface area (Å²) in [5.41, 5.74) is 5.31. The van der Waals surface area contributed by atoms with Gasteiger partial charge in [0.1, 0.15) is 0 Å². The Morgan fingerprint density at radius 1 is 1.03 bits per heavy atom. The maximum Gasteiger partial charge on any atom is 0.251 e. The summed E-state index contributed by atoms with van der Waals surface area (Å²) < 4.78 is 1.64. The average molecular weight is 414 g/mol. The highest BCUT2D eigenvalue weighted by Gasteiger charge is 2.14. The van der Waals surface area contributed by atoms with Crippen molar-refractivity contribution in [3.05, 3.63) is 77.3 Å². The zero-order valence-corrected chi connectivity index (χ0v) is 17.6. The van der Waals surface area contributed by atoms with Gasteiger partial charge < -0.3 is 5.32 Å². The van der Waals surface area contributed by atoms with Gasteiger partial charge in [-0.05, 0) is 54.1 Å². The maximum atomic E-state index is 13.0. The molecule has 0 aliphatic heterocycles. The number of amides is 1. The lowest BCUT2D eigenvalue weighted by atomic mass is 10.0. The second kappa shape index (κ2) is 8.78. The number of aromatic nitrogens is 7. The summed E-state index contributed by atoms with van der Waals surface area (Å²) in [4.78, 5) is 26.0. The predicted molar refractivity (Wildman–Crippen MR) is 114 cm³/mol. The minimum Gasteiger partial charge on any atom is -0.346 e. The van der Waals surface area contributed by atoms with Crippen molar-refractivity contribution >= 4 is 5.91 Å². The molecule has 0 aliphatic rings. The Morgan fingerprint density at radius 2 is 1.90 bits per heavy atom. The molecular formula is C22H22N8O. The summed E-state index contributed by atoms with van der Waals surface area (Å²) in [6.45, 7) is 6.10. The number of hydrogen-bond donors (Lipinski definition) is 1. The first kappa shape index (κ1) is 20.3. The fourth-order valence-corrected chi connectivity index (χ4v) is 3.06. The molecule has 1 aromatic carbocycles. The second-order valence-electron chi connectivity index (χ2n) is 7.18. The zero-order valence-electron chi connectivity index (χ0n) is 17.6. The average Bonchev–Trinajstić information content (AvgIpc) is 3.28. The van der Waals surface area contributed by atoms with E-state index in [4.69, 9.17) is 0 Å². The van der Waals surface area contributed by atoms with Gasteiger partial charge in [-0.15, -0.1) is 5.10 Å². The fourth-order valence-electron chi connectivity index (χ4n) is 3.06. The van der Waals surface area contributed by atoms with Gasteiger partial charge >= 0.3 is 0 Å². The molecule has 9 heteroatoms. The predicted octanol–water partition coefficient (Wildman–Crippen LogP) is 2.62. The molecule has 1 amide bonds. The van der Waals surface area contributed by atoms with Gasteiger partial charge in [0.25, 0.3) is 5.91 Å². The molecule has 0 aliphatic carbocycles. The molecule has 0 bridgehead atoms. The third kappa shape index (κ3) is 4.61. The number of nitrogens with zero attached hydrogens (tertiary/aromatic N) is 7. The highest BCUT2D eigenvalue weighted by molar-refractivity contribution is 5.96.